The van der Waals surface area contributed by atoms with Crippen molar-refractivity contribution in [3.8, 4) is 0 Å². The number of carbonyl (C=O) groups excluding carboxylic acids is 1. The van der Waals surface area contributed by atoms with Crippen molar-refractivity contribution in [1.82, 2.24) is 4.90 Å². The Balaban J connectivity index is 1.37. The maximum atomic E-state index is 14.0. The molecule has 3 aromatic rings. The van der Waals surface area contributed by atoms with Gasteiger partial charge in [0.2, 0.25) is 5.91 Å². The topological polar surface area (TPSA) is 32.8 Å². The molecule has 0 bridgehead atoms. The van der Waals surface area contributed by atoms with Crippen molar-refractivity contribution >= 4 is 11.6 Å². The number of para-hydroxylation sites is 1. The highest BCUT2D eigenvalue weighted by Crippen LogP contribution is 2.26. The molecule has 0 atom stereocenters. The summed E-state index contributed by atoms with van der Waals surface area (Å²) in [6, 6.07) is 26.6. The zero-order valence-corrected chi connectivity index (χ0v) is 16.8. The van der Waals surface area contributed by atoms with E-state index >= 15 is 0 Å². The molecule has 5 heteroatoms. The van der Waals surface area contributed by atoms with Crippen LogP contribution in [0.1, 0.15) is 17.2 Å². The van der Waals surface area contributed by atoms with Crippen LogP contribution in [0.5, 0.6) is 0 Å². The van der Waals surface area contributed by atoms with Crippen LogP contribution in [0.4, 0.5) is 10.1 Å². The Morgan fingerprint density at radius 1 is 0.800 bits per heavy atom. The highest BCUT2D eigenvalue weighted by Gasteiger charge is 2.24. The van der Waals surface area contributed by atoms with E-state index in [2.05, 4.69) is 0 Å². The van der Waals surface area contributed by atoms with E-state index in [9.17, 15) is 9.18 Å². The molecule has 4 rings (SSSR count). The second-order valence-electron chi connectivity index (χ2n) is 7.33. The summed E-state index contributed by atoms with van der Waals surface area (Å²) in [6.45, 7) is 2.32. The van der Waals surface area contributed by atoms with Crippen LogP contribution in [-0.4, -0.2) is 43.6 Å². The van der Waals surface area contributed by atoms with Crippen molar-refractivity contribution in [2.75, 3.05) is 37.7 Å². The van der Waals surface area contributed by atoms with Gasteiger partial charge in [0.25, 0.3) is 0 Å². The maximum absolute atomic E-state index is 14.0. The molecule has 0 aliphatic carbocycles. The number of hydrogen-bond donors (Lipinski definition) is 0. The molecule has 0 N–H and O–H groups in total. The first-order chi connectivity index (χ1) is 14.7. The first-order valence-corrected chi connectivity index (χ1v) is 10.2. The molecule has 30 heavy (non-hydrogen) atoms. The lowest BCUT2D eigenvalue weighted by Crippen LogP contribution is -2.50. The van der Waals surface area contributed by atoms with Gasteiger partial charge in [-0.25, -0.2) is 4.39 Å². The Kier molecular flexibility index (Phi) is 6.40. The van der Waals surface area contributed by atoms with E-state index in [0.717, 1.165) is 11.1 Å². The normalized spacial score (nSPS) is 14.2. The minimum atomic E-state index is -0.295. The molecule has 154 valence electrons. The van der Waals surface area contributed by atoms with E-state index in [1.54, 1.807) is 17.0 Å². The molecule has 1 aliphatic heterocycles. The van der Waals surface area contributed by atoms with Gasteiger partial charge in [0.15, 0.2) is 0 Å². The van der Waals surface area contributed by atoms with Crippen LogP contribution < -0.4 is 4.90 Å². The quantitative estimate of drug-likeness (QED) is 0.615. The molecule has 4 nitrogen and oxygen atoms in total. The summed E-state index contributed by atoms with van der Waals surface area (Å²) in [5, 5.41) is 0. The Hall–Kier alpha value is -3.18. The molecular formula is C25H25FN2O2. The Bertz CT molecular complexity index is 918. The van der Waals surface area contributed by atoms with Gasteiger partial charge >= 0.3 is 0 Å². The van der Waals surface area contributed by atoms with Gasteiger partial charge in [-0.1, -0.05) is 72.8 Å². The maximum Gasteiger partial charge on any atom is 0.248 e. The third-order valence-electron chi connectivity index (χ3n) is 5.40. The minimum absolute atomic E-state index is 0.00809. The number of rotatable bonds is 6. The minimum Gasteiger partial charge on any atom is -0.366 e. The Morgan fingerprint density at radius 2 is 1.33 bits per heavy atom. The van der Waals surface area contributed by atoms with Crippen LogP contribution in [0.2, 0.25) is 0 Å². The fraction of sp³-hybridized carbons (Fsp3) is 0.240. The molecule has 3 aromatic carbocycles. The van der Waals surface area contributed by atoms with E-state index < -0.39 is 0 Å². The zero-order chi connectivity index (χ0) is 20.8. The number of nitrogens with zero attached hydrogens (tertiary/aromatic N) is 2. The van der Waals surface area contributed by atoms with Crippen molar-refractivity contribution in [1.29, 1.82) is 0 Å². The highest BCUT2D eigenvalue weighted by molar-refractivity contribution is 5.78. The van der Waals surface area contributed by atoms with E-state index in [0.29, 0.717) is 31.9 Å². The first kappa shape index (κ1) is 20.1. The molecule has 0 radical (unpaired) electrons. The molecule has 1 amide bonds. The van der Waals surface area contributed by atoms with Crippen molar-refractivity contribution in [3.63, 3.8) is 0 Å². The van der Waals surface area contributed by atoms with E-state index in [4.69, 9.17) is 4.74 Å². The number of amides is 1. The number of carbonyl (C=O) groups is 1. The molecule has 0 aromatic heterocycles. The van der Waals surface area contributed by atoms with Crippen LogP contribution in [0.3, 0.4) is 0 Å². The number of anilines is 1. The molecule has 1 heterocycles. The SMILES string of the molecule is O=C(COC(c1ccccc1)c1ccccc1)N1CCN(c2ccccc2F)CC1. The van der Waals surface area contributed by atoms with Crippen LogP contribution >= 0.6 is 0 Å². The summed E-state index contributed by atoms with van der Waals surface area (Å²) in [5.74, 6) is -0.269. The lowest BCUT2D eigenvalue weighted by molar-refractivity contribution is -0.137. The molecule has 1 aliphatic rings. The van der Waals surface area contributed by atoms with E-state index in [-0.39, 0.29) is 24.4 Å². The van der Waals surface area contributed by atoms with Gasteiger partial charge in [0, 0.05) is 26.2 Å². The number of benzene rings is 3. The molecule has 0 saturated carbocycles. The number of halogens is 1. The standard InChI is InChI=1S/C25H25FN2O2/c26-22-13-7-8-14-23(22)27-15-17-28(18-16-27)24(29)19-30-25(20-9-3-1-4-10-20)21-11-5-2-6-12-21/h1-14,25H,15-19H2. The van der Waals surface area contributed by atoms with Gasteiger partial charge in [0.1, 0.15) is 18.5 Å². The fourth-order valence-corrected chi connectivity index (χ4v) is 3.79. The van der Waals surface area contributed by atoms with Gasteiger partial charge in [0.05, 0.1) is 5.69 Å². The number of ether oxygens (including phenoxy) is 1. The smallest absolute Gasteiger partial charge is 0.248 e. The summed E-state index contributed by atoms with van der Waals surface area (Å²) >= 11 is 0. The van der Waals surface area contributed by atoms with Crippen LogP contribution in [-0.2, 0) is 9.53 Å². The molecule has 0 spiro atoms. The molecular weight excluding hydrogens is 379 g/mol. The molecule has 0 unspecified atom stereocenters. The second kappa shape index (κ2) is 9.55. The van der Waals surface area contributed by atoms with E-state index in [1.807, 2.05) is 71.6 Å². The van der Waals surface area contributed by atoms with Gasteiger partial charge < -0.3 is 14.5 Å². The van der Waals surface area contributed by atoms with Gasteiger partial charge in [-0.15, -0.1) is 0 Å². The predicted molar refractivity (Wildman–Crippen MR) is 116 cm³/mol. The van der Waals surface area contributed by atoms with Crippen molar-refractivity contribution in [2.45, 2.75) is 6.10 Å². The van der Waals surface area contributed by atoms with Gasteiger partial charge in [-0.2, -0.15) is 0 Å². The zero-order valence-electron chi connectivity index (χ0n) is 16.8. The summed E-state index contributed by atoms with van der Waals surface area (Å²) in [5.41, 5.74) is 2.62. The number of piperazine rings is 1. The van der Waals surface area contributed by atoms with Gasteiger partial charge in [-0.3, -0.25) is 4.79 Å². The van der Waals surface area contributed by atoms with E-state index in [1.165, 1.54) is 6.07 Å². The summed E-state index contributed by atoms with van der Waals surface area (Å²) in [4.78, 5) is 16.6. The summed E-state index contributed by atoms with van der Waals surface area (Å²) in [6.07, 6.45) is -0.295. The lowest BCUT2D eigenvalue weighted by Gasteiger charge is -2.36. The Morgan fingerprint density at radius 3 is 1.90 bits per heavy atom. The summed E-state index contributed by atoms with van der Waals surface area (Å²) in [7, 11) is 0. The molecule has 1 fully saturated rings. The average molecular weight is 404 g/mol. The average Bonchev–Trinajstić information content (AvgIpc) is 2.81. The molecule has 1 saturated heterocycles. The van der Waals surface area contributed by atoms with Crippen LogP contribution in [0, 0.1) is 5.82 Å². The lowest BCUT2D eigenvalue weighted by atomic mass is 10.0. The third kappa shape index (κ3) is 4.69. The highest BCUT2D eigenvalue weighted by atomic mass is 19.1. The van der Waals surface area contributed by atoms with Crippen molar-refractivity contribution in [3.05, 3.63) is 102 Å². The number of hydrogen-bond acceptors (Lipinski definition) is 3. The third-order valence-corrected chi connectivity index (χ3v) is 5.40. The van der Waals surface area contributed by atoms with Crippen molar-refractivity contribution < 1.29 is 13.9 Å². The monoisotopic (exact) mass is 404 g/mol. The van der Waals surface area contributed by atoms with Gasteiger partial charge in [-0.05, 0) is 23.3 Å². The predicted octanol–water partition coefficient (Wildman–Crippen LogP) is 4.28. The largest absolute Gasteiger partial charge is 0.366 e. The summed E-state index contributed by atoms with van der Waals surface area (Å²) < 4.78 is 20.1. The fourth-order valence-electron chi connectivity index (χ4n) is 3.79. The van der Waals surface area contributed by atoms with Crippen LogP contribution in [0.15, 0.2) is 84.9 Å². The second-order valence-corrected chi connectivity index (χ2v) is 7.33. The van der Waals surface area contributed by atoms with Crippen LogP contribution in [0.25, 0.3) is 0 Å². The first-order valence-electron chi connectivity index (χ1n) is 10.2. The Labute approximate surface area is 176 Å². The van der Waals surface area contributed by atoms with Crippen molar-refractivity contribution in [2.24, 2.45) is 0 Å².